The molecule has 0 aliphatic carbocycles. The maximum atomic E-state index is 12.3. The molecule has 1 fully saturated rings. The molecule has 1 aliphatic rings. The van der Waals surface area contributed by atoms with Crippen molar-refractivity contribution in [3.05, 3.63) is 48.6 Å². The van der Waals surface area contributed by atoms with E-state index >= 15 is 0 Å². The van der Waals surface area contributed by atoms with E-state index in [0.29, 0.717) is 36.1 Å². The van der Waals surface area contributed by atoms with Gasteiger partial charge in [-0.25, -0.2) is 4.98 Å². The van der Waals surface area contributed by atoms with Crippen molar-refractivity contribution in [2.75, 3.05) is 13.1 Å². The molecule has 4 heterocycles. The summed E-state index contributed by atoms with van der Waals surface area (Å²) in [6.45, 7) is 1.51. The Morgan fingerprint density at radius 2 is 2.19 bits per heavy atom. The first-order valence-corrected chi connectivity index (χ1v) is 8.31. The van der Waals surface area contributed by atoms with Gasteiger partial charge in [0.15, 0.2) is 0 Å². The third kappa shape index (κ3) is 3.62. The maximum absolute atomic E-state index is 12.3. The largest absolute Gasteiger partial charge is 0.472 e. The van der Waals surface area contributed by atoms with E-state index in [9.17, 15) is 4.79 Å². The van der Waals surface area contributed by atoms with Crippen LogP contribution < -0.4 is 0 Å². The van der Waals surface area contributed by atoms with E-state index in [1.807, 2.05) is 4.90 Å². The van der Waals surface area contributed by atoms with Crippen LogP contribution in [0.15, 0.2) is 46.1 Å². The topological polar surface area (TPSA) is 107 Å². The Morgan fingerprint density at radius 3 is 2.92 bits per heavy atom. The third-order valence-corrected chi connectivity index (χ3v) is 4.20. The SMILES string of the molecule is O=C(c1ccoc1)N1CCC(OCc2nc(-c3cnccn3)no2)CC1. The van der Waals surface area contributed by atoms with Gasteiger partial charge in [0.1, 0.15) is 18.6 Å². The highest BCUT2D eigenvalue weighted by Gasteiger charge is 2.25. The average molecular weight is 355 g/mol. The van der Waals surface area contributed by atoms with E-state index in [1.54, 1.807) is 24.7 Å². The maximum Gasteiger partial charge on any atom is 0.257 e. The number of likely N-dealkylation sites (tertiary alicyclic amines) is 1. The van der Waals surface area contributed by atoms with Crippen molar-refractivity contribution in [3.8, 4) is 11.5 Å². The van der Waals surface area contributed by atoms with Crippen LogP contribution in [0, 0.1) is 0 Å². The third-order valence-electron chi connectivity index (χ3n) is 4.20. The molecule has 0 atom stereocenters. The molecule has 1 saturated heterocycles. The molecule has 0 bridgehead atoms. The van der Waals surface area contributed by atoms with Gasteiger partial charge in [0, 0.05) is 25.5 Å². The van der Waals surface area contributed by atoms with Gasteiger partial charge in [-0.15, -0.1) is 0 Å². The molecule has 0 aromatic carbocycles. The van der Waals surface area contributed by atoms with Gasteiger partial charge in [0.05, 0.1) is 24.1 Å². The number of amides is 1. The molecule has 9 heteroatoms. The summed E-state index contributed by atoms with van der Waals surface area (Å²) >= 11 is 0. The van der Waals surface area contributed by atoms with E-state index in [4.69, 9.17) is 13.7 Å². The molecule has 0 radical (unpaired) electrons. The van der Waals surface area contributed by atoms with Crippen LogP contribution in [0.1, 0.15) is 29.1 Å². The van der Waals surface area contributed by atoms with E-state index in [1.165, 1.54) is 12.5 Å². The average Bonchev–Trinajstić information content (AvgIpc) is 3.39. The van der Waals surface area contributed by atoms with Gasteiger partial charge in [-0.1, -0.05) is 5.16 Å². The monoisotopic (exact) mass is 355 g/mol. The van der Waals surface area contributed by atoms with Gasteiger partial charge in [0.2, 0.25) is 5.82 Å². The fraction of sp³-hybridized carbons (Fsp3) is 0.353. The van der Waals surface area contributed by atoms with Gasteiger partial charge in [0.25, 0.3) is 11.8 Å². The Kier molecular flexibility index (Phi) is 4.69. The molecule has 3 aromatic heterocycles. The van der Waals surface area contributed by atoms with Crippen molar-refractivity contribution in [2.45, 2.75) is 25.6 Å². The fourth-order valence-corrected chi connectivity index (χ4v) is 2.82. The zero-order chi connectivity index (χ0) is 17.8. The summed E-state index contributed by atoms with van der Waals surface area (Å²) in [4.78, 5) is 26.4. The van der Waals surface area contributed by atoms with E-state index < -0.39 is 0 Å². The Balaban J connectivity index is 1.26. The molecule has 3 aromatic rings. The van der Waals surface area contributed by atoms with Gasteiger partial charge in [-0.05, 0) is 18.9 Å². The highest BCUT2D eigenvalue weighted by Crippen LogP contribution is 2.18. The van der Waals surface area contributed by atoms with Gasteiger partial charge >= 0.3 is 0 Å². The predicted molar refractivity (Wildman–Crippen MR) is 87.7 cm³/mol. The van der Waals surface area contributed by atoms with Gasteiger partial charge in [-0.2, -0.15) is 4.98 Å². The molecule has 26 heavy (non-hydrogen) atoms. The number of rotatable bonds is 5. The van der Waals surface area contributed by atoms with Crippen molar-refractivity contribution < 1.29 is 18.5 Å². The molecule has 4 rings (SSSR count). The standard InChI is InChI=1S/C17H17N5O4/c23-17(12-3-8-24-10-12)22-6-1-13(2-7-22)25-11-15-20-16(21-26-15)14-9-18-4-5-19-14/h3-5,8-10,13H,1-2,6-7,11H2. The number of hydrogen-bond acceptors (Lipinski definition) is 8. The number of furan rings is 1. The first-order chi connectivity index (χ1) is 12.8. The first-order valence-electron chi connectivity index (χ1n) is 8.31. The predicted octanol–water partition coefficient (Wildman–Crippen LogP) is 1.94. The molecule has 1 amide bonds. The number of hydrogen-bond donors (Lipinski definition) is 0. The number of piperidine rings is 1. The smallest absolute Gasteiger partial charge is 0.257 e. The van der Waals surface area contributed by atoms with Crippen LogP contribution >= 0.6 is 0 Å². The number of carbonyl (C=O) groups is 1. The van der Waals surface area contributed by atoms with Crippen molar-refractivity contribution in [2.24, 2.45) is 0 Å². The summed E-state index contributed by atoms with van der Waals surface area (Å²) in [7, 11) is 0. The highest BCUT2D eigenvalue weighted by molar-refractivity contribution is 5.93. The zero-order valence-corrected chi connectivity index (χ0v) is 13.9. The van der Waals surface area contributed by atoms with Gasteiger partial charge < -0.3 is 18.6 Å². The van der Waals surface area contributed by atoms with Crippen molar-refractivity contribution in [1.82, 2.24) is 25.0 Å². The van der Waals surface area contributed by atoms with Crippen LogP contribution in [0.4, 0.5) is 0 Å². The number of aromatic nitrogens is 4. The number of carbonyl (C=O) groups excluding carboxylic acids is 1. The van der Waals surface area contributed by atoms with Crippen LogP contribution in [0.5, 0.6) is 0 Å². The molecule has 0 unspecified atom stereocenters. The van der Waals surface area contributed by atoms with E-state index in [2.05, 4.69) is 20.1 Å². The Morgan fingerprint density at radius 1 is 1.31 bits per heavy atom. The molecule has 0 saturated carbocycles. The summed E-state index contributed by atoms with van der Waals surface area (Å²) in [6.07, 6.45) is 9.26. The minimum absolute atomic E-state index is 0.0114. The van der Waals surface area contributed by atoms with Crippen LogP contribution in [0.2, 0.25) is 0 Å². The molecule has 9 nitrogen and oxygen atoms in total. The lowest BCUT2D eigenvalue weighted by Gasteiger charge is -2.31. The van der Waals surface area contributed by atoms with Crippen molar-refractivity contribution in [3.63, 3.8) is 0 Å². The second kappa shape index (κ2) is 7.44. The molecule has 1 aliphatic heterocycles. The second-order valence-electron chi connectivity index (χ2n) is 5.92. The van der Waals surface area contributed by atoms with E-state index in [0.717, 1.165) is 12.8 Å². The zero-order valence-electron chi connectivity index (χ0n) is 13.9. The lowest BCUT2D eigenvalue weighted by molar-refractivity contribution is -0.00979. The van der Waals surface area contributed by atoms with Crippen LogP contribution in [-0.4, -0.2) is 50.1 Å². The Labute approximate surface area is 149 Å². The van der Waals surface area contributed by atoms with Crippen LogP contribution in [0.25, 0.3) is 11.5 Å². The summed E-state index contributed by atoms with van der Waals surface area (Å²) in [5.74, 6) is 0.766. The Bertz CT molecular complexity index is 841. The minimum Gasteiger partial charge on any atom is -0.472 e. The van der Waals surface area contributed by atoms with Crippen LogP contribution in [0.3, 0.4) is 0 Å². The first kappa shape index (κ1) is 16.4. The fourth-order valence-electron chi connectivity index (χ4n) is 2.82. The highest BCUT2D eigenvalue weighted by atomic mass is 16.5. The Hall–Kier alpha value is -3.07. The van der Waals surface area contributed by atoms with Gasteiger partial charge in [-0.3, -0.25) is 9.78 Å². The lowest BCUT2D eigenvalue weighted by atomic mass is 10.1. The van der Waals surface area contributed by atoms with Crippen molar-refractivity contribution in [1.29, 1.82) is 0 Å². The number of nitrogens with zero attached hydrogens (tertiary/aromatic N) is 5. The lowest BCUT2D eigenvalue weighted by Crippen LogP contribution is -2.40. The molecule has 0 N–H and O–H groups in total. The summed E-state index contributed by atoms with van der Waals surface area (Å²) in [5.41, 5.74) is 1.13. The normalized spacial score (nSPS) is 15.3. The van der Waals surface area contributed by atoms with Crippen LogP contribution in [-0.2, 0) is 11.3 Å². The summed E-state index contributed by atoms with van der Waals surface area (Å²) in [6, 6.07) is 1.68. The summed E-state index contributed by atoms with van der Waals surface area (Å²) < 4.78 is 16.0. The van der Waals surface area contributed by atoms with Crippen molar-refractivity contribution >= 4 is 5.91 Å². The van der Waals surface area contributed by atoms with E-state index in [-0.39, 0.29) is 18.6 Å². The summed E-state index contributed by atoms with van der Waals surface area (Å²) in [5, 5.41) is 3.88. The molecular formula is C17H17N5O4. The molecule has 0 spiro atoms. The minimum atomic E-state index is -0.0114. The number of ether oxygens (including phenoxy) is 1. The molecular weight excluding hydrogens is 338 g/mol. The second-order valence-corrected chi connectivity index (χ2v) is 5.92. The molecule has 134 valence electrons. The quantitative estimate of drug-likeness (QED) is 0.683.